The number of nitrogens with one attached hydrogen (secondary N) is 1. The third kappa shape index (κ3) is 2.32. The molecule has 102 valence electrons. The number of aliphatic imine (C=N–C) groups is 1. The number of aromatic nitrogens is 1. The van der Waals surface area contributed by atoms with Crippen molar-refractivity contribution in [1.29, 1.82) is 0 Å². The van der Waals surface area contributed by atoms with E-state index in [4.69, 9.17) is 11.6 Å². The lowest BCUT2D eigenvalue weighted by Gasteiger charge is -2.08. The molecule has 0 aliphatic carbocycles. The number of para-hydroxylation sites is 1. The molecule has 0 spiro atoms. The Labute approximate surface area is 124 Å². The van der Waals surface area contributed by atoms with Crippen LogP contribution in [-0.2, 0) is 0 Å². The molecule has 1 aromatic heterocycles. The smallest absolute Gasteiger partial charge is 0.262 e. The summed E-state index contributed by atoms with van der Waals surface area (Å²) in [6.45, 7) is 0.692. The van der Waals surface area contributed by atoms with Crippen molar-refractivity contribution in [2.24, 2.45) is 4.99 Å². The van der Waals surface area contributed by atoms with Crippen molar-refractivity contribution in [2.45, 2.75) is 0 Å². The zero-order valence-corrected chi connectivity index (χ0v) is 11.8. The SMILES string of the molecule is O=C(NC1=NCCS1)c1cnc2c(Cl)cccc2c1O. The van der Waals surface area contributed by atoms with Crippen LogP contribution in [0.1, 0.15) is 10.4 Å². The average molecular weight is 308 g/mol. The van der Waals surface area contributed by atoms with Crippen LogP contribution < -0.4 is 5.32 Å². The summed E-state index contributed by atoms with van der Waals surface area (Å²) >= 11 is 7.47. The van der Waals surface area contributed by atoms with E-state index in [1.54, 1.807) is 18.2 Å². The number of carbonyl (C=O) groups is 1. The first-order valence-electron chi connectivity index (χ1n) is 5.91. The van der Waals surface area contributed by atoms with Crippen molar-refractivity contribution in [2.75, 3.05) is 12.3 Å². The second kappa shape index (κ2) is 5.30. The predicted molar refractivity (Wildman–Crippen MR) is 80.6 cm³/mol. The fourth-order valence-electron chi connectivity index (χ4n) is 1.91. The van der Waals surface area contributed by atoms with Gasteiger partial charge in [-0.2, -0.15) is 0 Å². The minimum atomic E-state index is -0.426. The standard InChI is InChI=1S/C13H10ClN3O2S/c14-9-3-1-2-7-10(9)16-6-8(11(7)18)12(19)17-13-15-4-5-20-13/h1-3,6H,4-5H2,(H,16,18)(H,15,17,19). The van der Waals surface area contributed by atoms with Gasteiger partial charge in [-0.05, 0) is 12.1 Å². The quantitative estimate of drug-likeness (QED) is 0.848. The monoisotopic (exact) mass is 307 g/mol. The van der Waals surface area contributed by atoms with E-state index in [1.165, 1.54) is 18.0 Å². The molecule has 1 amide bonds. The molecule has 1 aromatic carbocycles. The molecular formula is C13H10ClN3O2S. The summed E-state index contributed by atoms with van der Waals surface area (Å²) in [6.07, 6.45) is 1.32. The fraction of sp³-hybridized carbons (Fsp3) is 0.154. The Morgan fingerprint density at radius 2 is 2.30 bits per heavy atom. The molecule has 0 unspecified atom stereocenters. The van der Waals surface area contributed by atoms with Gasteiger partial charge in [-0.25, -0.2) is 0 Å². The number of nitrogens with zero attached hydrogens (tertiary/aromatic N) is 2. The molecule has 0 bridgehead atoms. The van der Waals surface area contributed by atoms with Gasteiger partial charge in [0, 0.05) is 17.3 Å². The number of hydrogen-bond donors (Lipinski definition) is 2. The Morgan fingerprint density at radius 3 is 3.05 bits per heavy atom. The van der Waals surface area contributed by atoms with E-state index in [1.807, 2.05) is 0 Å². The summed E-state index contributed by atoms with van der Waals surface area (Å²) in [4.78, 5) is 20.4. The highest BCUT2D eigenvalue weighted by atomic mass is 35.5. The third-order valence-electron chi connectivity index (χ3n) is 2.87. The highest BCUT2D eigenvalue weighted by Gasteiger charge is 2.18. The number of amidine groups is 1. The van der Waals surface area contributed by atoms with Crippen LogP contribution in [0.25, 0.3) is 10.9 Å². The molecule has 2 heterocycles. The van der Waals surface area contributed by atoms with Gasteiger partial charge in [0.2, 0.25) is 0 Å². The van der Waals surface area contributed by atoms with Crippen LogP contribution in [0.3, 0.4) is 0 Å². The summed E-state index contributed by atoms with van der Waals surface area (Å²) < 4.78 is 0. The minimum Gasteiger partial charge on any atom is -0.506 e. The van der Waals surface area contributed by atoms with Crippen LogP contribution >= 0.6 is 23.4 Å². The molecule has 1 aliphatic heterocycles. The van der Waals surface area contributed by atoms with Gasteiger partial charge in [0.15, 0.2) is 5.17 Å². The molecule has 7 heteroatoms. The van der Waals surface area contributed by atoms with Gasteiger partial charge in [0.05, 0.1) is 17.1 Å². The van der Waals surface area contributed by atoms with Gasteiger partial charge in [-0.1, -0.05) is 29.4 Å². The number of rotatable bonds is 1. The molecule has 20 heavy (non-hydrogen) atoms. The number of amides is 1. The lowest BCUT2D eigenvalue weighted by Crippen LogP contribution is -2.27. The average Bonchev–Trinajstić information content (AvgIpc) is 2.93. The molecule has 5 nitrogen and oxygen atoms in total. The molecule has 0 saturated heterocycles. The summed E-state index contributed by atoms with van der Waals surface area (Å²) in [7, 11) is 0. The number of thioether (sulfide) groups is 1. The summed E-state index contributed by atoms with van der Waals surface area (Å²) in [6, 6.07) is 5.05. The maximum Gasteiger partial charge on any atom is 0.262 e. The second-order valence-electron chi connectivity index (χ2n) is 4.15. The van der Waals surface area contributed by atoms with Gasteiger partial charge in [-0.15, -0.1) is 0 Å². The maximum absolute atomic E-state index is 12.1. The van der Waals surface area contributed by atoms with Gasteiger partial charge < -0.3 is 10.4 Å². The van der Waals surface area contributed by atoms with Crippen molar-refractivity contribution in [1.82, 2.24) is 10.3 Å². The van der Waals surface area contributed by atoms with E-state index in [-0.39, 0.29) is 11.3 Å². The summed E-state index contributed by atoms with van der Waals surface area (Å²) in [5.41, 5.74) is 0.575. The molecule has 0 atom stereocenters. The van der Waals surface area contributed by atoms with Crippen LogP contribution in [0.4, 0.5) is 0 Å². The molecule has 0 radical (unpaired) electrons. The van der Waals surface area contributed by atoms with Crippen LogP contribution in [0, 0.1) is 0 Å². The topological polar surface area (TPSA) is 74.6 Å². The van der Waals surface area contributed by atoms with Gasteiger partial charge in [0.1, 0.15) is 11.3 Å². The highest BCUT2D eigenvalue weighted by molar-refractivity contribution is 8.14. The van der Waals surface area contributed by atoms with Crippen LogP contribution in [0.5, 0.6) is 5.75 Å². The molecule has 2 aromatic rings. The Morgan fingerprint density at radius 1 is 1.45 bits per heavy atom. The second-order valence-corrected chi connectivity index (χ2v) is 5.64. The summed E-state index contributed by atoms with van der Waals surface area (Å²) in [5, 5.41) is 14.3. The molecular weight excluding hydrogens is 298 g/mol. The molecule has 0 saturated carbocycles. The zero-order valence-electron chi connectivity index (χ0n) is 10.3. The third-order valence-corrected chi connectivity index (χ3v) is 4.07. The number of aromatic hydroxyl groups is 1. The van der Waals surface area contributed by atoms with Crippen molar-refractivity contribution < 1.29 is 9.90 Å². The van der Waals surface area contributed by atoms with E-state index in [2.05, 4.69) is 15.3 Å². The van der Waals surface area contributed by atoms with E-state index < -0.39 is 5.91 Å². The summed E-state index contributed by atoms with van der Waals surface area (Å²) in [5.74, 6) is 0.302. The van der Waals surface area contributed by atoms with Gasteiger partial charge >= 0.3 is 0 Å². The molecule has 3 rings (SSSR count). The van der Waals surface area contributed by atoms with E-state index >= 15 is 0 Å². The highest BCUT2D eigenvalue weighted by Crippen LogP contribution is 2.30. The zero-order chi connectivity index (χ0) is 14.1. The first-order chi connectivity index (χ1) is 9.66. The number of benzene rings is 1. The molecule has 2 N–H and O–H groups in total. The van der Waals surface area contributed by atoms with Crippen LogP contribution in [0.15, 0.2) is 29.4 Å². The largest absolute Gasteiger partial charge is 0.506 e. The van der Waals surface area contributed by atoms with E-state index in [9.17, 15) is 9.90 Å². The lowest BCUT2D eigenvalue weighted by atomic mass is 10.1. The Hall–Kier alpha value is -1.79. The predicted octanol–water partition coefficient (Wildman–Crippen LogP) is 2.43. The Bertz CT molecular complexity index is 733. The Balaban J connectivity index is 1.99. The van der Waals surface area contributed by atoms with E-state index in [0.29, 0.717) is 27.6 Å². The van der Waals surface area contributed by atoms with Crippen molar-refractivity contribution in [3.05, 3.63) is 35.0 Å². The fourth-order valence-corrected chi connectivity index (χ4v) is 2.86. The molecule has 1 aliphatic rings. The van der Waals surface area contributed by atoms with Gasteiger partial charge in [-0.3, -0.25) is 14.8 Å². The number of hydrogen-bond acceptors (Lipinski definition) is 5. The normalized spacial score (nSPS) is 14.3. The van der Waals surface area contributed by atoms with E-state index in [0.717, 1.165) is 5.75 Å². The minimum absolute atomic E-state index is 0.106. The Kier molecular flexibility index (Phi) is 3.50. The van der Waals surface area contributed by atoms with Crippen LogP contribution in [-0.4, -0.2) is 33.5 Å². The number of fused-ring (bicyclic) bond motifs is 1. The van der Waals surface area contributed by atoms with Crippen molar-refractivity contribution in [3.8, 4) is 5.75 Å². The lowest BCUT2D eigenvalue weighted by molar-refractivity contribution is 0.0975. The first kappa shape index (κ1) is 13.2. The first-order valence-corrected chi connectivity index (χ1v) is 7.28. The number of carbonyl (C=O) groups excluding carboxylic acids is 1. The van der Waals surface area contributed by atoms with Crippen molar-refractivity contribution in [3.63, 3.8) is 0 Å². The van der Waals surface area contributed by atoms with Gasteiger partial charge in [0.25, 0.3) is 5.91 Å². The van der Waals surface area contributed by atoms with Crippen LogP contribution in [0.2, 0.25) is 5.02 Å². The molecule has 0 fully saturated rings. The van der Waals surface area contributed by atoms with Crippen molar-refractivity contribution >= 4 is 45.3 Å². The maximum atomic E-state index is 12.1. The number of pyridine rings is 1. The number of halogens is 1.